The lowest BCUT2D eigenvalue weighted by atomic mass is 9.82. The van der Waals surface area contributed by atoms with Gasteiger partial charge in [0.15, 0.2) is 11.6 Å². The van der Waals surface area contributed by atoms with Crippen molar-refractivity contribution >= 4 is 0 Å². The molecule has 0 saturated heterocycles. The molecular weight excluding hydrogens is 383 g/mol. The second-order valence-corrected chi connectivity index (χ2v) is 7.51. The molecule has 1 aliphatic heterocycles. The summed E-state index contributed by atoms with van der Waals surface area (Å²) in [6, 6.07) is 14.2. The molecule has 6 nitrogen and oxygen atoms in total. The summed E-state index contributed by atoms with van der Waals surface area (Å²) in [7, 11) is 0. The van der Waals surface area contributed by atoms with Gasteiger partial charge in [-0.3, -0.25) is 9.48 Å². The maximum Gasteiger partial charge on any atom is 0.242 e. The van der Waals surface area contributed by atoms with Crippen LogP contribution in [-0.2, 0) is 6.54 Å². The van der Waals surface area contributed by atoms with E-state index in [0.29, 0.717) is 18.1 Å². The predicted octanol–water partition coefficient (Wildman–Crippen LogP) is 3.65. The average Bonchev–Trinajstić information content (AvgIpc) is 3.21. The molecule has 150 valence electrons. The van der Waals surface area contributed by atoms with Crippen LogP contribution in [0.15, 0.2) is 71.9 Å². The molecule has 0 bridgehead atoms. The van der Waals surface area contributed by atoms with E-state index < -0.39 is 5.43 Å². The van der Waals surface area contributed by atoms with Crippen molar-refractivity contribution in [2.24, 2.45) is 0 Å². The molecule has 5 rings (SSSR count). The smallest absolute Gasteiger partial charge is 0.242 e. The Labute approximate surface area is 171 Å². The zero-order valence-electron chi connectivity index (χ0n) is 16.2. The van der Waals surface area contributed by atoms with Crippen LogP contribution in [0.25, 0.3) is 11.5 Å². The summed E-state index contributed by atoms with van der Waals surface area (Å²) < 4.78 is 17.3. The first kappa shape index (κ1) is 18.3. The normalized spacial score (nSPS) is 16.0. The van der Waals surface area contributed by atoms with Crippen LogP contribution in [0.5, 0.6) is 5.75 Å². The highest BCUT2D eigenvalue weighted by Crippen LogP contribution is 2.43. The molecule has 2 aromatic heterocycles. The summed E-state index contributed by atoms with van der Waals surface area (Å²) in [6.45, 7) is 2.57. The SMILES string of the molecule is Cc1ccccc1[C@H](c1ccc(F)cc1)[C@H]1Cn2ccnc2-c2c(O)c(=O)cnn21. The van der Waals surface area contributed by atoms with Gasteiger partial charge in [-0.2, -0.15) is 5.10 Å². The molecule has 0 unspecified atom stereocenters. The van der Waals surface area contributed by atoms with E-state index in [-0.39, 0.29) is 23.5 Å². The molecule has 30 heavy (non-hydrogen) atoms. The van der Waals surface area contributed by atoms with Crippen LogP contribution in [0.4, 0.5) is 4.39 Å². The molecule has 0 spiro atoms. The number of aromatic hydroxyl groups is 1. The first-order valence-corrected chi connectivity index (χ1v) is 9.68. The van der Waals surface area contributed by atoms with Gasteiger partial charge in [0.1, 0.15) is 11.5 Å². The summed E-state index contributed by atoms with van der Waals surface area (Å²) in [4.78, 5) is 16.4. The largest absolute Gasteiger partial charge is 0.503 e. The molecule has 0 fully saturated rings. The van der Waals surface area contributed by atoms with Crippen LogP contribution in [0.3, 0.4) is 0 Å². The molecular formula is C23H19FN4O2. The number of aryl methyl sites for hydroxylation is 1. The Bertz CT molecular complexity index is 1290. The lowest BCUT2D eigenvalue weighted by Gasteiger charge is -2.35. The number of hydrogen-bond acceptors (Lipinski definition) is 4. The fourth-order valence-electron chi connectivity index (χ4n) is 4.33. The monoisotopic (exact) mass is 402 g/mol. The van der Waals surface area contributed by atoms with Gasteiger partial charge in [-0.15, -0.1) is 0 Å². The van der Waals surface area contributed by atoms with E-state index in [2.05, 4.69) is 16.1 Å². The molecule has 2 atom stereocenters. The number of hydrogen-bond donors (Lipinski definition) is 1. The van der Waals surface area contributed by atoms with Crippen LogP contribution in [0.1, 0.15) is 28.7 Å². The van der Waals surface area contributed by atoms with Crippen LogP contribution >= 0.6 is 0 Å². The van der Waals surface area contributed by atoms with Crippen molar-refractivity contribution < 1.29 is 9.50 Å². The first-order chi connectivity index (χ1) is 14.5. The highest BCUT2D eigenvalue weighted by atomic mass is 19.1. The molecule has 0 radical (unpaired) electrons. The number of benzene rings is 2. The predicted molar refractivity (Wildman–Crippen MR) is 110 cm³/mol. The Morgan fingerprint density at radius 2 is 1.93 bits per heavy atom. The van der Waals surface area contributed by atoms with Gasteiger partial charge in [0.25, 0.3) is 0 Å². The van der Waals surface area contributed by atoms with Crippen molar-refractivity contribution in [3.63, 3.8) is 0 Å². The van der Waals surface area contributed by atoms with Gasteiger partial charge in [0.2, 0.25) is 5.43 Å². The van der Waals surface area contributed by atoms with Crippen LogP contribution in [0.2, 0.25) is 0 Å². The van der Waals surface area contributed by atoms with Gasteiger partial charge in [-0.25, -0.2) is 9.37 Å². The molecule has 0 aliphatic carbocycles. The lowest BCUT2D eigenvalue weighted by molar-refractivity contribution is 0.331. The molecule has 7 heteroatoms. The maximum absolute atomic E-state index is 13.7. The highest BCUT2D eigenvalue weighted by Gasteiger charge is 2.36. The van der Waals surface area contributed by atoms with Crippen LogP contribution in [-0.4, -0.2) is 24.4 Å². The van der Waals surface area contributed by atoms with E-state index >= 15 is 0 Å². The van der Waals surface area contributed by atoms with E-state index in [1.807, 2.05) is 35.9 Å². The topological polar surface area (TPSA) is 72.9 Å². The number of fused-ring (bicyclic) bond motifs is 3. The van der Waals surface area contributed by atoms with Crippen molar-refractivity contribution in [1.82, 2.24) is 19.3 Å². The Kier molecular flexibility index (Phi) is 4.24. The van der Waals surface area contributed by atoms with Crippen molar-refractivity contribution in [3.05, 3.63) is 99.9 Å². The van der Waals surface area contributed by atoms with Crippen molar-refractivity contribution in [2.75, 3.05) is 0 Å². The van der Waals surface area contributed by atoms with Crippen LogP contribution < -0.4 is 5.43 Å². The summed E-state index contributed by atoms with van der Waals surface area (Å²) in [6.07, 6.45) is 4.59. The minimum Gasteiger partial charge on any atom is -0.503 e. The molecule has 0 amide bonds. The molecule has 4 aromatic rings. The van der Waals surface area contributed by atoms with Crippen molar-refractivity contribution in [2.45, 2.75) is 25.4 Å². The Hall–Kier alpha value is -3.74. The Morgan fingerprint density at radius 1 is 1.17 bits per heavy atom. The third kappa shape index (κ3) is 2.82. The lowest BCUT2D eigenvalue weighted by Crippen LogP contribution is -2.32. The standard InChI is InChI=1S/C23H19FN4O2/c1-14-4-2-3-5-17(14)20(15-6-8-16(24)9-7-15)18-13-27-11-10-25-23(27)21-22(30)19(29)12-26-28(18)21/h2-12,18,20,30H,13H2,1H3/t18-,20+/m1/s1. The number of nitrogens with zero attached hydrogens (tertiary/aromatic N) is 4. The number of aromatic nitrogens is 4. The fraction of sp³-hybridized carbons (Fsp3) is 0.174. The van der Waals surface area contributed by atoms with Gasteiger partial charge in [0, 0.05) is 24.9 Å². The van der Waals surface area contributed by atoms with Gasteiger partial charge in [-0.05, 0) is 35.7 Å². The van der Waals surface area contributed by atoms with E-state index in [1.165, 1.54) is 12.1 Å². The fourth-order valence-corrected chi connectivity index (χ4v) is 4.33. The zero-order chi connectivity index (χ0) is 20.8. The molecule has 1 aliphatic rings. The minimum atomic E-state index is -0.550. The highest BCUT2D eigenvalue weighted by molar-refractivity contribution is 5.60. The molecule has 3 heterocycles. The summed E-state index contributed by atoms with van der Waals surface area (Å²) in [5, 5.41) is 14.9. The Morgan fingerprint density at radius 3 is 2.70 bits per heavy atom. The quantitative estimate of drug-likeness (QED) is 0.568. The van der Waals surface area contributed by atoms with E-state index in [1.54, 1.807) is 23.0 Å². The minimum absolute atomic E-state index is 0.185. The summed E-state index contributed by atoms with van der Waals surface area (Å²) in [5.41, 5.74) is 2.83. The van der Waals surface area contributed by atoms with Crippen LogP contribution in [0, 0.1) is 12.7 Å². The van der Waals surface area contributed by atoms with E-state index in [9.17, 15) is 14.3 Å². The second kappa shape index (κ2) is 6.95. The number of halogens is 1. The molecule has 2 aromatic carbocycles. The average molecular weight is 402 g/mol. The second-order valence-electron chi connectivity index (χ2n) is 7.51. The first-order valence-electron chi connectivity index (χ1n) is 9.68. The van der Waals surface area contributed by atoms with Gasteiger partial charge in [0.05, 0.1) is 12.2 Å². The van der Waals surface area contributed by atoms with Crippen molar-refractivity contribution in [1.29, 1.82) is 0 Å². The third-order valence-corrected chi connectivity index (χ3v) is 5.75. The van der Waals surface area contributed by atoms with E-state index in [4.69, 9.17) is 0 Å². The van der Waals surface area contributed by atoms with Gasteiger partial charge < -0.3 is 9.67 Å². The molecule has 0 saturated carbocycles. The maximum atomic E-state index is 13.7. The summed E-state index contributed by atoms with van der Waals surface area (Å²) in [5.74, 6) is -0.362. The third-order valence-electron chi connectivity index (χ3n) is 5.75. The Balaban J connectivity index is 1.77. The molecule has 1 N–H and O–H groups in total. The zero-order valence-corrected chi connectivity index (χ0v) is 16.2. The van der Waals surface area contributed by atoms with E-state index in [0.717, 1.165) is 22.9 Å². The number of imidazole rings is 1. The summed E-state index contributed by atoms with van der Waals surface area (Å²) >= 11 is 0. The van der Waals surface area contributed by atoms with Gasteiger partial charge >= 0.3 is 0 Å². The van der Waals surface area contributed by atoms with Gasteiger partial charge in [-0.1, -0.05) is 36.4 Å². The van der Waals surface area contributed by atoms with Crippen molar-refractivity contribution in [3.8, 4) is 17.3 Å². The number of rotatable bonds is 3.